The Bertz CT molecular complexity index is 573. The average molecular weight is 257 g/mol. The minimum atomic E-state index is 0.0684. The van der Waals surface area contributed by atoms with E-state index in [1.54, 1.807) is 11.3 Å². The molecule has 1 aliphatic rings. The van der Waals surface area contributed by atoms with Gasteiger partial charge in [0.15, 0.2) is 6.10 Å². The Labute approximate surface area is 111 Å². The van der Waals surface area contributed by atoms with Gasteiger partial charge in [-0.3, -0.25) is 0 Å². The maximum atomic E-state index is 6.02. The molecule has 2 nitrogen and oxygen atoms in total. The Hall–Kier alpha value is -1.61. The van der Waals surface area contributed by atoms with Gasteiger partial charge in [0.2, 0.25) is 5.90 Å². The predicted molar refractivity (Wildman–Crippen MR) is 75.3 cm³/mol. The second-order valence-corrected chi connectivity index (χ2v) is 5.55. The van der Waals surface area contributed by atoms with Gasteiger partial charge in [0, 0.05) is 10.4 Å². The predicted octanol–water partition coefficient (Wildman–Crippen LogP) is 3.96. The van der Waals surface area contributed by atoms with Gasteiger partial charge in [0.05, 0.1) is 6.04 Å². The van der Waals surface area contributed by atoms with Gasteiger partial charge in [-0.25, -0.2) is 4.99 Å². The molecule has 2 atom stereocenters. The van der Waals surface area contributed by atoms with Crippen LogP contribution in [0.2, 0.25) is 0 Å². The molecular weight excluding hydrogens is 242 g/mol. The number of ether oxygens (including phenoxy) is 1. The summed E-state index contributed by atoms with van der Waals surface area (Å²) in [6.07, 6.45) is 0.0684. The molecule has 0 bridgehead atoms. The van der Waals surface area contributed by atoms with Crippen molar-refractivity contribution in [3.63, 3.8) is 0 Å². The summed E-state index contributed by atoms with van der Waals surface area (Å²) in [6.45, 7) is 4.22. The number of nitrogens with zero attached hydrogens (tertiary/aromatic N) is 1. The normalized spacial score (nSPS) is 22.7. The highest BCUT2D eigenvalue weighted by Gasteiger charge is 2.30. The van der Waals surface area contributed by atoms with E-state index in [4.69, 9.17) is 4.74 Å². The van der Waals surface area contributed by atoms with E-state index in [2.05, 4.69) is 30.3 Å². The first kappa shape index (κ1) is 11.5. The lowest BCUT2D eigenvalue weighted by atomic mass is 10.1. The molecule has 1 aromatic carbocycles. The average Bonchev–Trinajstić information content (AvgIpc) is 2.97. The molecule has 0 N–H and O–H groups in total. The van der Waals surface area contributed by atoms with Crippen molar-refractivity contribution in [3.8, 4) is 0 Å². The Kier molecular flexibility index (Phi) is 2.92. The summed E-state index contributed by atoms with van der Waals surface area (Å²) in [7, 11) is 0. The van der Waals surface area contributed by atoms with Crippen LogP contribution in [0, 0.1) is 6.92 Å². The summed E-state index contributed by atoms with van der Waals surface area (Å²) in [5.41, 5.74) is 2.35. The Balaban J connectivity index is 1.85. The summed E-state index contributed by atoms with van der Waals surface area (Å²) in [6, 6.07) is 12.5. The van der Waals surface area contributed by atoms with E-state index in [-0.39, 0.29) is 12.1 Å². The smallest absolute Gasteiger partial charge is 0.217 e. The van der Waals surface area contributed by atoms with Crippen molar-refractivity contribution in [1.29, 1.82) is 0 Å². The second-order valence-electron chi connectivity index (χ2n) is 4.61. The maximum Gasteiger partial charge on any atom is 0.217 e. The quantitative estimate of drug-likeness (QED) is 0.798. The van der Waals surface area contributed by atoms with Gasteiger partial charge in [-0.15, -0.1) is 11.3 Å². The number of benzene rings is 1. The highest BCUT2D eigenvalue weighted by molar-refractivity contribution is 7.10. The molecule has 0 radical (unpaired) electrons. The van der Waals surface area contributed by atoms with E-state index in [9.17, 15) is 0 Å². The molecule has 0 saturated heterocycles. The highest BCUT2D eigenvalue weighted by Crippen LogP contribution is 2.34. The van der Waals surface area contributed by atoms with Crippen LogP contribution >= 0.6 is 11.3 Å². The molecule has 2 heterocycles. The first-order chi connectivity index (χ1) is 8.74. The third kappa shape index (κ3) is 2.06. The van der Waals surface area contributed by atoms with Crippen molar-refractivity contribution >= 4 is 17.2 Å². The van der Waals surface area contributed by atoms with Gasteiger partial charge in [-0.1, -0.05) is 18.2 Å². The Morgan fingerprint density at radius 1 is 1.22 bits per heavy atom. The van der Waals surface area contributed by atoms with E-state index in [0.717, 1.165) is 11.5 Å². The van der Waals surface area contributed by atoms with Crippen LogP contribution in [0.15, 0.2) is 46.8 Å². The van der Waals surface area contributed by atoms with Gasteiger partial charge in [-0.2, -0.15) is 0 Å². The molecular formula is C15H15NOS. The number of rotatable bonds is 2. The van der Waals surface area contributed by atoms with Gasteiger partial charge < -0.3 is 4.74 Å². The van der Waals surface area contributed by atoms with Crippen molar-refractivity contribution in [2.45, 2.75) is 26.0 Å². The number of aryl methyl sites for hydroxylation is 1. The largest absolute Gasteiger partial charge is 0.466 e. The number of hydrogen-bond donors (Lipinski definition) is 0. The van der Waals surface area contributed by atoms with E-state index < -0.39 is 0 Å². The monoisotopic (exact) mass is 257 g/mol. The fourth-order valence-corrected chi connectivity index (χ4v) is 3.15. The van der Waals surface area contributed by atoms with Crippen LogP contribution in [-0.4, -0.2) is 11.9 Å². The lowest BCUT2D eigenvalue weighted by Crippen LogP contribution is -2.09. The molecule has 0 spiro atoms. The van der Waals surface area contributed by atoms with Crippen LogP contribution in [0.3, 0.4) is 0 Å². The first-order valence-electron chi connectivity index (χ1n) is 6.09. The summed E-state index contributed by atoms with van der Waals surface area (Å²) in [4.78, 5) is 5.89. The lowest BCUT2D eigenvalue weighted by Gasteiger charge is -2.12. The molecule has 18 heavy (non-hydrogen) atoms. The number of thiophene rings is 1. The standard InChI is InChI=1S/C15H15NOS/c1-10-8-13(18-9-10)14-11(2)16-15(17-14)12-6-4-3-5-7-12/h3-9,11,14H,1-2H3/t11-,14-/m0/s1. The zero-order valence-corrected chi connectivity index (χ0v) is 11.3. The minimum Gasteiger partial charge on any atom is -0.466 e. The Morgan fingerprint density at radius 2 is 2.00 bits per heavy atom. The summed E-state index contributed by atoms with van der Waals surface area (Å²) in [5.74, 6) is 0.763. The van der Waals surface area contributed by atoms with E-state index in [1.165, 1.54) is 10.4 Å². The van der Waals surface area contributed by atoms with Crippen molar-refractivity contribution in [2.75, 3.05) is 0 Å². The molecule has 0 fully saturated rings. The fourth-order valence-electron chi connectivity index (χ4n) is 2.12. The van der Waals surface area contributed by atoms with Crippen LogP contribution in [0.4, 0.5) is 0 Å². The zero-order chi connectivity index (χ0) is 12.5. The Morgan fingerprint density at radius 3 is 2.67 bits per heavy atom. The van der Waals surface area contributed by atoms with E-state index >= 15 is 0 Å². The van der Waals surface area contributed by atoms with Gasteiger partial charge >= 0.3 is 0 Å². The van der Waals surface area contributed by atoms with Crippen molar-refractivity contribution in [3.05, 3.63) is 57.8 Å². The minimum absolute atomic E-state index is 0.0684. The number of aliphatic imine (C=N–C) groups is 1. The topological polar surface area (TPSA) is 21.6 Å². The SMILES string of the molecule is Cc1csc([C@H]2OC(c3ccccc3)=N[C@H]2C)c1. The van der Waals surface area contributed by atoms with Gasteiger partial charge in [0.25, 0.3) is 0 Å². The van der Waals surface area contributed by atoms with Crippen molar-refractivity contribution < 1.29 is 4.74 Å². The van der Waals surface area contributed by atoms with Crippen molar-refractivity contribution in [1.82, 2.24) is 0 Å². The molecule has 0 saturated carbocycles. The molecule has 1 aliphatic heterocycles. The molecule has 92 valence electrons. The van der Waals surface area contributed by atoms with E-state index in [1.807, 2.05) is 30.3 Å². The molecule has 0 amide bonds. The molecule has 2 aromatic rings. The number of hydrogen-bond acceptors (Lipinski definition) is 3. The molecule has 0 aliphatic carbocycles. The molecule has 3 heteroatoms. The van der Waals surface area contributed by atoms with E-state index in [0.29, 0.717) is 0 Å². The summed E-state index contributed by atoms with van der Waals surface area (Å²) in [5, 5.41) is 2.16. The molecule has 1 aromatic heterocycles. The van der Waals surface area contributed by atoms with Crippen molar-refractivity contribution in [2.24, 2.45) is 4.99 Å². The summed E-state index contributed by atoms with van der Waals surface area (Å²) < 4.78 is 6.02. The lowest BCUT2D eigenvalue weighted by molar-refractivity contribution is 0.206. The van der Waals surface area contributed by atoms with Crippen LogP contribution < -0.4 is 0 Å². The highest BCUT2D eigenvalue weighted by atomic mass is 32.1. The van der Waals surface area contributed by atoms with Crippen LogP contribution in [-0.2, 0) is 4.74 Å². The summed E-state index contributed by atoms with van der Waals surface area (Å²) >= 11 is 1.75. The molecule has 3 rings (SSSR count). The zero-order valence-electron chi connectivity index (χ0n) is 10.5. The second kappa shape index (κ2) is 4.58. The first-order valence-corrected chi connectivity index (χ1v) is 6.97. The van der Waals surface area contributed by atoms with Gasteiger partial charge in [-0.05, 0) is 43.0 Å². The van der Waals surface area contributed by atoms with Crippen LogP contribution in [0.5, 0.6) is 0 Å². The maximum absolute atomic E-state index is 6.02. The fraction of sp³-hybridized carbons (Fsp3) is 0.267. The van der Waals surface area contributed by atoms with Gasteiger partial charge in [0.1, 0.15) is 0 Å². The molecule has 0 unspecified atom stereocenters. The third-order valence-corrected chi connectivity index (χ3v) is 4.16. The third-order valence-electron chi connectivity index (χ3n) is 3.05. The van der Waals surface area contributed by atoms with Crippen LogP contribution in [0.25, 0.3) is 0 Å². The van der Waals surface area contributed by atoms with Crippen LogP contribution in [0.1, 0.15) is 29.0 Å².